The molecule has 8 nitrogen and oxygen atoms in total. The number of hydrogen-bond donors (Lipinski definition) is 2. The van der Waals surface area contributed by atoms with Crippen molar-refractivity contribution in [1.29, 1.82) is 0 Å². The molecule has 146 valence electrons. The maximum atomic E-state index is 13.2. The van der Waals surface area contributed by atoms with E-state index >= 15 is 0 Å². The number of anilines is 1. The van der Waals surface area contributed by atoms with E-state index in [-0.39, 0.29) is 17.0 Å². The molecule has 0 heterocycles. The van der Waals surface area contributed by atoms with Crippen molar-refractivity contribution in [3.05, 3.63) is 57.6 Å². The lowest BCUT2D eigenvalue weighted by Crippen LogP contribution is -2.16. The van der Waals surface area contributed by atoms with Crippen LogP contribution in [0.4, 0.5) is 24.5 Å². The first-order chi connectivity index (χ1) is 12.4. The number of non-ortho nitro benzene ring substituents is 1. The summed E-state index contributed by atoms with van der Waals surface area (Å²) in [6, 6.07) is 6.12. The van der Waals surface area contributed by atoms with Crippen LogP contribution in [-0.4, -0.2) is 20.5 Å². The fraction of sp³-hybridized carbons (Fsp3) is 0.200. The second-order valence-corrected chi connectivity index (χ2v) is 6.89. The van der Waals surface area contributed by atoms with Gasteiger partial charge in [-0.1, -0.05) is 6.07 Å². The minimum atomic E-state index is -4.66. The maximum Gasteiger partial charge on any atom is 0.416 e. The Morgan fingerprint density at radius 3 is 2.41 bits per heavy atom. The Morgan fingerprint density at radius 1 is 1.22 bits per heavy atom. The number of sulfonamides is 1. The summed E-state index contributed by atoms with van der Waals surface area (Å²) in [6.07, 6.45) is -4.66. The number of alkyl halides is 3. The molecule has 0 atom stereocenters. The van der Waals surface area contributed by atoms with Crippen LogP contribution in [-0.2, 0) is 22.7 Å². The normalized spacial score (nSPS) is 11.9. The molecule has 0 aromatic heterocycles. The van der Waals surface area contributed by atoms with Crippen molar-refractivity contribution in [2.75, 3.05) is 12.4 Å². The number of primary sulfonamides is 1. The summed E-state index contributed by atoms with van der Waals surface area (Å²) in [5, 5.41) is 18.4. The Morgan fingerprint density at radius 2 is 1.89 bits per heavy atom. The minimum Gasteiger partial charge on any atom is -0.497 e. The van der Waals surface area contributed by atoms with Crippen molar-refractivity contribution in [2.24, 2.45) is 5.14 Å². The molecule has 2 aromatic carbocycles. The van der Waals surface area contributed by atoms with Crippen molar-refractivity contribution in [3.63, 3.8) is 0 Å². The molecule has 12 heteroatoms. The fourth-order valence-electron chi connectivity index (χ4n) is 2.30. The van der Waals surface area contributed by atoms with Gasteiger partial charge in [0, 0.05) is 18.7 Å². The largest absolute Gasteiger partial charge is 0.497 e. The highest BCUT2D eigenvalue weighted by Crippen LogP contribution is 2.35. The van der Waals surface area contributed by atoms with Crippen LogP contribution >= 0.6 is 0 Å². The van der Waals surface area contributed by atoms with Gasteiger partial charge in [0.25, 0.3) is 5.69 Å². The van der Waals surface area contributed by atoms with E-state index in [1.165, 1.54) is 19.2 Å². The van der Waals surface area contributed by atoms with Crippen LogP contribution in [0, 0.1) is 10.1 Å². The molecule has 0 saturated heterocycles. The van der Waals surface area contributed by atoms with Crippen LogP contribution in [0.25, 0.3) is 0 Å². The third-order valence-electron chi connectivity index (χ3n) is 3.57. The monoisotopic (exact) mass is 405 g/mol. The number of nitro groups is 1. The zero-order valence-corrected chi connectivity index (χ0v) is 14.6. The van der Waals surface area contributed by atoms with Crippen molar-refractivity contribution in [1.82, 2.24) is 0 Å². The molecule has 0 aliphatic rings. The van der Waals surface area contributed by atoms with Crippen molar-refractivity contribution in [2.45, 2.75) is 17.6 Å². The molecule has 0 saturated carbocycles. The van der Waals surface area contributed by atoms with Gasteiger partial charge in [0.2, 0.25) is 10.0 Å². The summed E-state index contributed by atoms with van der Waals surface area (Å²) >= 11 is 0. The highest BCUT2D eigenvalue weighted by molar-refractivity contribution is 7.89. The lowest BCUT2D eigenvalue weighted by molar-refractivity contribution is -0.385. The Balaban J connectivity index is 2.41. The molecule has 3 N–H and O–H groups in total. The van der Waals surface area contributed by atoms with E-state index in [1.54, 1.807) is 0 Å². The molecule has 0 unspecified atom stereocenters. The van der Waals surface area contributed by atoms with Crippen LogP contribution in [0.1, 0.15) is 11.1 Å². The number of ether oxygens (including phenoxy) is 1. The molecule has 0 bridgehead atoms. The summed E-state index contributed by atoms with van der Waals surface area (Å²) in [7, 11) is -3.13. The van der Waals surface area contributed by atoms with Crippen LogP contribution in [0.2, 0.25) is 0 Å². The Kier molecular flexibility index (Phi) is 5.61. The minimum absolute atomic E-state index is 0.00614. The number of nitrogens with two attached hydrogens (primary N) is 1. The van der Waals surface area contributed by atoms with Crippen LogP contribution in [0.3, 0.4) is 0 Å². The number of nitrogens with zero attached hydrogens (tertiary/aromatic N) is 1. The zero-order valence-electron chi connectivity index (χ0n) is 13.8. The predicted octanol–water partition coefficient (Wildman–Crippen LogP) is 2.88. The molecule has 0 radical (unpaired) electrons. The molecule has 0 spiro atoms. The first kappa shape index (κ1) is 20.5. The van der Waals surface area contributed by atoms with E-state index < -0.39 is 43.8 Å². The number of benzene rings is 2. The fourth-order valence-corrected chi connectivity index (χ4v) is 3.03. The number of methoxy groups -OCH3 is 1. The molecule has 0 fully saturated rings. The van der Waals surface area contributed by atoms with Gasteiger partial charge in [-0.3, -0.25) is 10.1 Å². The third kappa shape index (κ3) is 4.86. The second kappa shape index (κ2) is 7.40. The lowest BCUT2D eigenvalue weighted by atomic mass is 10.1. The van der Waals surface area contributed by atoms with E-state index in [0.29, 0.717) is 0 Å². The van der Waals surface area contributed by atoms with Gasteiger partial charge in [-0.25, -0.2) is 13.6 Å². The van der Waals surface area contributed by atoms with E-state index in [2.05, 4.69) is 5.32 Å². The summed E-state index contributed by atoms with van der Waals surface area (Å²) in [6.45, 7) is -0.404. The quantitative estimate of drug-likeness (QED) is 0.562. The summed E-state index contributed by atoms with van der Waals surface area (Å²) in [5.41, 5.74) is -1.83. The number of nitro benzene ring substituents is 1. The molecule has 0 aliphatic carbocycles. The first-order valence-corrected chi connectivity index (χ1v) is 8.77. The van der Waals surface area contributed by atoms with Gasteiger partial charge >= 0.3 is 6.18 Å². The Labute approximate surface area is 151 Å². The van der Waals surface area contributed by atoms with Gasteiger partial charge < -0.3 is 10.1 Å². The first-order valence-electron chi connectivity index (χ1n) is 7.22. The third-order valence-corrected chi connectivity index (χ3v) is 4.53. The highest BCUT2D eigenvalue weighted by atomic mass is 32.2. The van der Waals surface area contributed by atoms with Crippen molar-refractivity contribution >= 4 is 21.4 Å². The predicted molar refractivity (Wildman–Crippen MR) is 89.8 cm³/mol. The van der Waals surface area contributed by atoms with Gasteiger partial charge in [-0.2, -0.15) is 13.2 Å². The SMILES string of the molecule is COc1ccc(CNc2ccc([N+](=O)[O-])cc2S(N)(=O)=O)c(C(F)(F)F)c1. The molecule has 2 rings (SSSR count). The van der Waals surface area contributed by atoms with E-state index in [4.69, 9.17) is 9.88 Å². The summed E-state index contributed by atoms with van der Waals surface area (Å²) in [5.74, 6) is 0.00614. The zero-order chi connectivity index (χ0) is 20.4. The van der Waals surface area contributed by atoms with Crippen LogP contribution < -0.4 is 15.2 Å². The molecular weight excluding hydrogens is 391 g/mol. The van der Waals surface area contributed by atoms with E-state index in [0.717, 1.165) is 24.3 Å². The van der Waals surface area contributed by atoms with Gasteiger partial charge in [-0.15, -0.1) is 0 Å². The van der Waals surface area contributed by atoms with Crippen LogP contribution in [0.5, 0.6) is 5.75 Å². The van der Waals surface area contributed by atoms with Crippen molar-refractivity contribution < 1.29 is 31.2 Å². The van der Waals surface area contributed by atoms with Gasteiger partial charge in [-0.05, 0) is 23.8 Å². The standard InChI is InChI=1S/C15H14F3N3O5S/c1-26-11-4-2-9(12(7-11)15(16,17)18)8-20-13-5-3-10(21(22)23)6-14(13)27(19,24)25/h2-7,20H,8H2,1H3,(H2,19,24,25). The smallest absolute Gasteiger partial charge is 0.416 e. The van der Waals surface area contributed by atoms with Gasteiger partial charge in [0.1, 0.15) is 10.6 Å². The molecule has 27 heavy (non-hydrogen) atoms. The average molecular weight is 405 g/mol. The van der Waals surface area contributed by atoms with E-state index in [9.17, 15) is 31.7 Å². The molecule has 2 aromatic rings. The molecule has 0 amide bonds. The Hall–Kier alpha value is -2.86. The molecule has 0 aliphatic heterocycles. The average Bonchev–Trinajstić information content (AvgIpc) is 2.58. The number of nitrogens with one attached hydrogen (secondary N) is 1. The number of hydrogen-bond acceptors (Lipinski definition) is 6. The van der Waals surface area contributed by atoms with Crippen molar-refractivity contribution in [3.8, 4) is 5.75 Å². The van der Waals surface area contributed by atoms with Gasteiger partial charge in [0.05, 0.1) is 23.3 Å². The van der Waals surface area contributed by atoms with E-state index in [1.807, 2.05) is 0 Å². The number of rotatable bonds is 6. The van der Waals surface area contributed by atoms with Gasteiger partial charge in [0.15, 0.2) is 0 Å². The number of halogens is 3. The highest BCUT2D eigenvalue weighted by Gasteiger charge is 2.33. The second-order valence-electron chi connectivity index (χ2n) is 5.36. The maximum absolute atomic E-state index is 13.2. The Bertz CT molecular complexity index is 977. The lowest BCUT2D eigenvalue weighted by Gasteiger charge is -2.16. The summed E-state index contributed by atoms with van der Waals surface area (Å²) < 4.78 is 67.8. The van der Waals surface area contributed by atoms with Crippen LogP contribution in [0.15, 0.2) is 41.3 Å². The molecular formula is C15H14F3N3O5S. The summed E-state index contributed by atoms with van der Waals surface area (Å²) in [4.78, 5) is 9.38. The topological polar surface area (TPSA) is 125 Å².